The molecule has 528 valence electrons. The van der Waals surface area contributed by atoms with E-state index in [-0.39, 0.29) is 36.0 Å². The van der Waals surface area contributed by atoms with Gasteiger partial charge in [-0.25, -0.2) is 18.7 Å². The lowest BCUT2D eigenvalue weighted by molar-refractivity contribution is 0.0674. The number of nitrogens with zero attached hydrogens (tertiary/aromatic N) is 17. The van der Waals surface area contributed by atoms with Crippen molar-refractivity contribution >= 4 is 79.3 Å². The highest BCUT2D eigenvalue weighted by molar-refractivity contribution is 6.03. The summed E-state index contributed by atoms with van der Waals surface area (Å²) in [4.78, 5) is 47.3. The van der Waals surface area contributed by atoms with Crippen LogP contribution in [0.25, 0.3) is 77.5 Å². The Balaban J connectivity index is 0.572. The number of fused-ring (bicyclic) bond motifs is 6. The average molecular weight is 1400 g/mol. The van der Waals surface area contributed by atoms with Crippen LogP contribution in [0.4, 0.5) is 43.3 Å². The summed E-state index contributed by atoms with van der Waals surface area (Å²) >= 11 is 0. The molecule has 5 aliphatic rings. The largest absolute Gasteiger partial charge is 0.381 e. The maximum absolute atomic E-state index is 15.4. The minimum Gasteiger partial charge on any atom is -0.381 e. The van der Waals surface area contributed by atoms with E-state index >= 15 is 8.78 Å². The lowest BCUT2D eigenvalue weighted by atomic mass is 9.93. The fourth-order valence-electron chi connectivity index (χ4n) is 16.2. The predicted molar refractivity (Wildman–Crippen MR) is 393 cm³/mol. The van der Waals surface area contributed by atoms with Gasteiger partial charge in [0.15, 0.2) is 23.1 Å². The first-order valence-electron chi connectivity index (χ1n) is 36.1. The van der Waals surface area contributed by atoms with Crippen molar-refractivity contribution in [1.82, 2.24) is 84.3 Å². The van der Waals surface area contributed by atoms with Crippen LogP contribution in [-0.2, 0) is 55.9 Å². The number of anilines is 6. The zero-order valence-electron chi connectivity index (χ0n) is 58.1. The second kappa shape index (κ2) is 26.8. The third-order valence-electron chi connectivity index (χ3n) is 21.6. The maximum atomic E-state index is 15.4. The van der Waals surface area contributed by atoms with Crippen molar-refractivity contribution in [1.29, 1.82) is 0 Å². The number of carbonyl (C=O) groups excluding carboxylic acids is 2. The van der Waals surface area contributed by atoms with E-state index in [4.69, 9.17) is 39.8 Å². The van der Waals surface area contributed by atoms with Gasteiger partial charge in [-0.15, -0.1) is 0 Å². The molecule has 0 aliphatic carbocycles. The van der Waals surface area contributed by atoms with Gasteiger partial charge in [0.2, 0.25) is 0 Å². The zero-order valence-corrected chi connectivity index (χ0v) is 58.1. The normalized spacial score (nSPS) is 15.9. The van der Waals surface area contributed by atoms with Gasteiger partial charge in [0.05, 0.1) is 72.9 Å². The van der Waals surface area contributed by atoms with Gasteiger partial charge in [-0.1, -0.05) is 12.1 Å². The van der Waals surface area contributed by atoms with E-state index in [1.807, 2.05) is 111 Å². The number of alkyl halides is 2. The number of benzene rings is 5. The number of H-pyrrole nitrogens is 1. The number of aromatic nitrogens is 15. The monoisotopic (exact) mass is 1400 g/mol. The van der Waals surface area contributed by atoms with Crippen molar-refractivity contribution < 1.29 is 27.8 Å². The number of hydrogen-bond donors (Lipinski definition) is 3. The highest BCUT2D eigenvalue weighted by Crippen LogP contribution is 2.46. The molecule has 13 aromatic rings. The van der Waals surface area contributed by atoms with Crippen molar-refractivity contribution in [3.63, 3.8) is 0 Å². The highest BCUT2D eigenvalue weighted by Gasteiger charge is 2.33. The molecule has 0 radical (unpaired) electrons. The molecule has 24 nitrogen and oxygen atoms in total. The van der Waals surface area contributed by atoms with Gasteiger partial charge in [-0.05, 0) is 170 Å². The number of ether oxygens (including phenoxy) is 2. The number of carbonyl (C=O) groups is 2. The van der Waals surface area contributed by atoms with E-state index in [0.717, 1.165) is 166 Å². The van der Waals surface area contributed by atoms with E-state index in [1.165, 1.54) is 11.1 Å². The molecule has 26 heteroatoms. The summed E-state index contributed by atoms with van der Waals surface area (Å²) in [5, 5.41) is 36.8. The topological polar surface area (TPSA) is 235 Å². The summed E-state index contributed by atoms with van der Waals surface area (Å²) in [5.41, 5.74) is 18.6. The first-order chi connectivity index (χ1) is 50.9. The Kier molecular flexibility index (Phi) is 16.7. The van der Waals surface area contributed by atoms with Crippen LogP contribution in [0.2, 0.25) is 0 Å². The number of aryl methyl sites for hydroxylation is 5. The van der Waals surface area contributed by atoms with E-state index in [9.17, 15) is 9.59 Å². The van der Waals surface area contributed by atoms with Crippen molar-refractivity contribution in [3.8, 4) is 44.5 Å². The molecule has 0 bridgehead atoms. The van der Waals surface area contributed by atoms with Gasteiger partial charge < -0.3 is 39.8 Å². The molecule has 5 aliphatic heterocycles. The Morgan fingerprint density at radius 2 is 1.18 bits per heavy atom. The lowest BCUT2D eigenvalue weighted by Gasteiger charge is -2.31. The first kappa shape index (κ1) is 64.7. The smallest absolute Gasteiger partial charge is 0.264 e. The number of hydrogen-bond acceptors (Lipinski definition) is 15. The van der Waals surface area contributed by atoms with Crippen molar-refractivity contribution in [3.05, 3.63) is 180 Å². The Morgan fingerprint density at radius 1 is 0.587 bits per heavy atom. The van der Waals surface area contributed by atoms with Crippen molar-refractivity contribution in [2.24, 2.45) is 14.1 Å². The fraction of sp³-hybridized carbons (Fsp3) is 0.333. The molecule has 0 unspecified atom stereocenters. The number of aromatic amines is 1. The summed E-state index contributed by atoms with van der Waals surface area (Å²) < 4.78 is 54.0. The van der Waals surface area contributed by atoms with Gasteiger partial charge in [0.1, 0.15) is 5.52 Å². The SMILES string of the molecule is CNC(=O)c1ccc2c(c1)c(N1CCCc3cc(-c4cnn(CCNC(=O)c5ccc6c(c5)c(N5CCCc7cc(-c8cnn(C)c8Cn8cc(-c9c[nH]c%10ncc(N%11CCCc%12cc(-c%13cnn(C)c%13)ccc%12%11)nc9%10)cn8)ccc75)nn6C5CCOCC5)c4)c(C(F)F)cc31)nn2C1CCOCC1. The molecule has 2 saturated heterocycles. The maximum Gasteiger partial charge on any atom is 0.264 e. The third kappa shape index (κ3) is 11.8. The zero-order chi connectivity index (χ0) is 70.3. The van der Waals surface area contributed by atoms with E-state index in [0.29, 0.717) is 91.9 Å². The summed E-state index contributed by atoms with van der Waals surface area (Å²) in [6.45, 7) is 5.69. The second-order valence-electron chi connectivity index (χ2n) is 27.9. The summed E-state index contributed by atoms with van der Waals surface area (Å²) in [6, 6.07) is 28.4. The van der Waals surface area contributed by atoms with Gasteiger partial charge in [0, 0.05) is 171 Å². The molecule has 104 heavy (non-hydrogen) atoms. The number of halogens is 2. The Bertz CT molecular complexity index is 5470. The molecule has 2 fully saturated rings. The van der Waals surface area contributed by atoms with Crippen LogP contribution in [-0.4, -0.2) is 145 Å². The number of amides is 2. The van der Waals surface area contributed by atoms with Crippen LogP contribution in [0.15, 0.2) is 141 Å². The predicted octanol–water partition coefficient (Wildman–Crippen LogP) is 12.9. The molecule has 5 aromatic carbocycles. The molecule has 0 spiro atoms. The second-order valence-corrected chi connectivity index (χ2v) is 27.9. The van der Waals surface area contributed by atoms with Crippen LogP contribution in [0.1, 0.15) is 112 Å². The van der Waals surface area contributed by atoms with E-state index in [1.54, 1.807) is 36.3 Å². The molecule has 8 aromatic heterocycles. The Labute approximate surface area is 597 Å². The molecule has 18 rings (SSSR count). The lowest BCUT2D eigenvalue weighted by Crippen LogP contribution is -2.27. The summed E-state index contributed by atoms with van der Waals surface area (Å²) in [6.07, 6.45) is 22.7. The van der Waals surface area contributed by atoms with Gasteiger partial charge in [-0.3, -0.25) is 37.7 Å². The molecule has 0 saturated carbocycles. The molecule has 13 heterocycles. The van der Waals surface area contributed by atoms with Crippen LogP contribution in [0.3, 0.4) is 0 Å². The minimum atomic E-state index is -2.79. The fourth-order valence-corrected chi connectivity index (χ4v) is 16.2. The van der Waals surface area contributed by atoms with E-state index < -0.39 is 6.43 Å². The molecule has 3 N–H and O–H groups in total. The highest BCUT2D eigenvalue weighted by atomic mass is 19.3. The first-order valence-corrected chi connectivity index (χ1v) is 36.1. The van der Waals surface area contributed by atoms with Gasteiger partial charge >= 0.3 is 0 Å². The standard InChI is InChI=1S/C78H78F2N20O4/c1-81-77(101)52-12-16-67-61(34-52)76(91-100(67)58-20-29-104-30-21-58)98-25-6-9-51-33-59(60(73(79)80)36-69(51)98)55-38-87-94(44-55)26-22-82-78(102)53-13-17-68-62(35-53)75(90-99(68)57-18-27-103-28-19-57)97-24-5-8-50-32-48(11-15-66(50)97)63-41-86-93(3)70(63)46-95-45-56(39-88-95)64-40-83-74-72(64)89-71(42-84-74)96-23-4-7-49-31-47(10-14-65(49)96)54-37-85-92(2)43-54/h10-17,31-45,57-58,73H,4-9,18-30,46H2,1-3H3,(H,81,101)(H,82,102)(H,83,84). The molecular formula is C78H78F2N20O4. The van der Waals surface area contributed by atoms with E-state index in [2.05, 4.69) is 82.9 Å². The molecule has 0 atom stereocenters. The quantitative estimate of drug-likeness (QED) is 0.0769. The van der Waals surface area contributed by atoms with Crippen molar-refractivity contribution in [2.75, 3.05) is 74.4 Å². The number of nitrogens with one attached hydrogen (secondary N) is 3. The minimum absolute atomic E-state index is 0.0930. The van der Waals surface area contributed by atoms with Gasteiger partial charge in [-0.2, -0.15) is 30.6 Å². The van der Waals surface area contributed by atoms with Crippen LogP contribution >= 0.6 is 0 Å². The third-order valence-corrected chi connectivity index (χ3v) is 21.6. The van der Waals surface area contributed by atoms with Gasteiger partial charge in [0.25, 0.3) is 18.2 Å². The van der Waals surface area contributed by atoms with Crippen LogP contribution < -0.4 is 25.3 Å². The molecule has 2 amide bonds. The van der Waals surface area contributed by atoms with Crippen molar-refractivity contribution in [2.45, 2.75) is 95.8 Å². The summed E-state index contributed by atoms with van der Waals surface area (Å²) in [7, 11) is 5.51. The summed E-state index contributed by atoms with van der Waals surface area (Å²) in [5.74, 6) is 1.76. The Hall–Kier alpha value is -11.4. The van der Waals surface area contributed by atoms with Crippen LogP contribution in [0, 0.1) is 0 Å². The number of rotatable bonds is 17. The van der Waals surface area contributed by atoms with Crippen LogP contribution in [0.5, 0.6) is 0 Å². The Morgan fingerprint density at radius 3 is 1.85 bits per heavy atom. The average Bonchev–Trinajstić information content (AvgIpc) is 1.60. The molecular weight excluding hydrogens is 1320 g/mol.